The Kier molecular flexibility index (Phi) is 3.82. The van der Waals surface area contributed by atoms with Crippen LogP contribution in [0.1, 0.15) is 23.3 Å². The summed E-state index contributed by atoms with van der Waals surface area (Å²) < 4.78 is 1.35. The maximum atomic E-state index is 12.6. The molecule has 2 N–H and O–H groups in total. The zero-order valence-electron chi connectivity index (χ0n) is 11.9. The molecule has 118 valence electrons. The van der Waals surface area contributed by atoms with Crippen molar-refractivity contribution in [2.24, 2.45) is 0 Å². The van der Waals surface area contributed by atoms with E-state index in [-0.39, 0.29) is 11.3 Å². The molecule has 0 saturated heterocycles. The van der Waals surface area contributed by atoms with Gasteiger partial charge in [-0.25, -0.2) is 4.98 Å². The predicted octanol–water partition coefficient (Wildman–Crippen LogP) is 4.76. The standard InChI is InChI=1S/C16H12Br2N2O2S/c17-7-5-9(13(21)10(18)6-7)14-19-15(22)12-8-3-1-2-4-11(8)23-16(12)20-14/h5-6,21H,1-4H2,(H,19,20,22). The van der Waals surface area contributed by atoms with Gasteiger partial charge in [-0.05, 0) is 59.3 Å². The lowest BCUT2D eigenvalue weighted by atomic mass is 9.97. The van der Waals surface area contributed by atoms with E-state index in [0.29, 0.717) is 15.9 Å². The largest absolute Gasteiger partial charge is 0.506 e. The molecule has 4 nitrogen and oxygen atoms in total. The molecule has 1 aromatic carbocycles. The van der Waals surface area contributed by atoms with Gasteiger partial charge in [0.2, 0.25) is 0 Å². The van der Waals surface area contributed by atoms with Crippen LogP contribution in [0.5, 0.6) is 5.75 Å². The smallest absolute Gasteiger partial charge is 0.260 e. The van der Waals surface area contributed by atoms with Crippen molar-refractivity contribution in [3.05, 3.63) is 41.9 Å². The summed E-state index contributed by atoms with van der Waals surface area (Å²) in [6.07, 6.45) is 4.27. The van der Waals surface area contributed by atoms with E-state index in [1.807, 2.05) is 0 Å². The SMILES string of the molecule is O=c1[nH]c(-c2cc(Br)cc(Br)c2O)nc2sc3c(c12)CCCC3. The molecule has 0 bridgehead atoms. The number of benzene rings is 1. The van der Waals surface area contributed by atoms with Gasteiger partial charge in [0.05, 0.1) is 15.4 Å². The molecule has 1 aliphatic rings. The molecule has 0 aliphatic heterocycles. The summed E-state index contributed by atoms with van der Waals surface area (Å²) in [6, 6.07) is 3.50. The van der Waals surface area contributed by atoms with Crippen molar-refractivity contribution in [2.75, 3.05) is 0 Å². The van der Waals surface area contributed by atoms with Crippen molar-refractivity contribution in [1.82, 2.24) is 9.97 Å². The van der Waals surface area contributed by atoms with Crippen molar-refractivity contribution in [3.63, 3.8) is 0 Å². The second-order valence-corrected chi connectivity index (χ2v) is 8.44. The first-order chi connectivity index (χ1) is 11.0. The molecular formula is C16H12Br2N2O2S. The van der Waals surface area contributed by atoms with Gasteiger partial charge in [0, 0.05) is 9.35 Å². The van der Waals surface area contributed by atoms with Gasteiger partial charge in [0.25, 0.3) is 5.56 Å². The first-order valence-electron chi connectivity index (χ1n) is 7.27. The van der Waals surface area contributed by atoms with Crippen LogP contribution in [0.25, 0.3) is 21.6 Å². The minimum Gasteiger partial charge on any atom is -0.506 e. The van der Waals surface area contributed by atoms with Gasteiger partial charge in [0.15, 0.2) is 0 Å². The lowest BCUT2D eigenvalue weighted by Gasteiger charge is -2.10. The number of hydrogen-bond donors (Lipinski definition) is 2. The number of nitrogens with one attached hydrogen (secondary N) is 1. The Balaban J connectivity index is 1.98. The molecule has 0 unspecified atom stereocenters. The van der Waals surface area contributed by atoms with E-state index in [1.165, 1.54) is 11.3 Å². The van der Waals surface area contributed by atoms with Gasteiger partial charge in [-0.2, -0.15) is 0 Å². The predicted molar refractivity (Wildman–Crippen MR) is 99.4 cm³/mol. The van der Waals surface area contributed by atoms with Crippen LogP contribution >= 0.6 is 43.2 Å². The highest BCUT2D eigenvalue weighted by atomic mass is 79.9. The van der Waals surface area contributed by atoms with Crippen LogP contribution in [0.3, 0.4) is 0 Å². The first-order valence-corrected chi connectivity index (χ1v) is 9.68. The van der Waals surface area contributed by atoms with E-state index in [0.717, 1.165) is 39.5 Å². The monoisotopic (exact) mass is 454 g/mol. The van der Waals surface area contributed by atoms with Gasteiger partial charge in [-0.3, -0.25) is 4.79 Å². The van der Waals surface area contributed by atoms with Crippen LogP contribution in [0.15, 0.2) is 25.9 Å². The van der Waals surface area contributed by atoms with Crippen molar-refractivity contribution in [2.45, 2.75) is 25.7 Å². The van der Waals surface area contributed by atoms with Crippen molar-refractivity contribution in [3.8, 4) is 17.1 Å². The van der Waals surface area contributed by atoms with E-state index >= 15 is 0 Å². The highest BCUT2D eigenvalue weighted by molar-refractivity contribution is 9.11. The molecule has 1 aliphatic carbocycles. The second-order valence-electron chi connectivity index (χ2n) is 5.59. The summed E-state index contributed by atoms with van der Waals surface area (Å²) in [5.41, 5.74) is 1.53. The number of rotatable bonds is 1. The number of phenolic OH excluding ortho intramolecular Hbond substituents is 1. The molecule has 0 fully saturated rings. The minimum absolute atomic E-state index is 0.0667. The number of nitrogens with zero attached hydrogens (tertiary/aromatic N) is 1. The number of H-pyrrole nitrogens is 1. The molecule has 0 radical (unpaired) electrons. The topological polar surface area (TPSA) is 66.0 Å². The Morgan fingerprint density at radius 3 is 2.83 bits per heavy atom. The van der Waals surface area contributed by atoms with Gasteiger partial charge >= 0.3 is 0 Å². The number of aromatic nitrogens is 2. The molecule has 2 heterocycles. The lowest BCUT2D eigenvalue weighted by Crippen LogP contribution is -2.11. The molecule has 0 atom stereocenters. The third-order valence-corrected chi connectivity index (χ3v) is 6.36. The van der Waals surface area contributed by atoms with E-state index in [4.69, 9.17) is 0 Å². The lowest BCUT2D eigenvalue weighted by molar-refractivity contribution is 0.473. The van der Waals surface area contributed by atoms with Crippen LogP contribution < -0.4 is 5.56 Å². The zero-order chi connectivity index (χ0) is 16.1. The highest BCUT2D eigenvalue weighted by Gasteiger charge is 2.21. The fraction of sp³-hybridized carbons (Fsp3) is 0.250. The summed E-state index contributed by atoms with van der Waals surface area (Å²) in [6.45, 7) is 0. The molecule has 3 aromatic rings. The van der Waals surface area contributed by atoms with E-state index in [1.54, 1.807) is 23.5 Å². The van der Waals surface area contributed by atoms with Gasteiger partial charge in [-0.15, -0.1) is 11.3 Å². The Morgan fingerprint density at radius 2 is 2.00 bits per heavy atom. The molecule has 7 heteroatoms. The number of thiophene rings is 1. The molecular weight excluding hydrogens is 444 g/mol. The second kappa shape index (κ2) is 5.72. The molecule has 0 amide bonds. The average molecular weight is 456 g/mol. The maximum Gasteiger partial charge on any atom is 0.260 e. The summed E-state index contributed by atoms with van der Waals surface area (Å²) in [7, 11) is 0. The average Bonchev–Trinajstić information content (AvgIpc) is 2.89. The Morgan fingerprint density at radius 1 is 1.22 bits per heavy atom. The minimum atomic E-state index is -0.125. The first kappa shape index (κ1) is 15.4. The van der Waals surface area contributed by atoms with E-state index in [9.17, 15) is 9.90 Å². The fourth-order valence-electron chi connectivity index (χ4n) is 3.04. The Bertz CT molecular complexity index is 994. The molecule has 0 spiro atoms. The quantitative estimate of drug-likeness (QED) is 0.555. The number of aromatic hydroxyl groups is 1. The van der Waals surface area contributed by atoms with Gasteiger partial charge < -0.3 is 10.1 Å². The number of aromatic amines is 1. The number of halogens is 2. The van der Waals surface area contributed by atoms with Crippen LogP contribution in [0, 0.1) is 0 Å². The molecule has 0 saturated carbocycles. The number of aryl methyl sites for hydroxylation is 2. The molecule has 23 heavy (non-hydrogen) atoms. The number of phenols is 1. The third-order valence-electron chi connectivity index (χ3n) is 4.11. The molecule has 4 rings (SSSR count). The van der Waals surface area contributed by atoms with E-state index in [2.05, 4.69) is 41.8 Å². The Labute approximate surface area is 152 Å². The third kappa shape index (κ3) is 2.55. The van der Waals surface area contributed by atoms with E-state index < -0.39 is 0 Å². The number of fused-ring (bicyclic) bond motifs is 3. The van der Waals surface area contributed by atoms with Crippen molar-refractivity contribution in [1.29, 1.82) is 0 Å². The summed E-state index contributed by atoms with van der Waals surface area (Å²) >= 11 is 8.31. The van der Waals surface area contributed by atoms with Crippen LogP contribution in [0.4, 0.5) is 0 Å². The summed E-state index contributed by atoms with van der Waals surface area (Å²) in [5.74, 6) is 0.456. The van der Waals surface area contributed by atoms with Crippen LogP contribution in [0.2, 0.25) is 0 Å². The van der Waals surface area contributed by atoms with Crippen LogP contribution in [-0.2, 0) is 12.8 Å². The molecule has 2 aromatic heterocycles. The maximum absolute atomic E-state index is 12.6. The fourth-order valence-corrected chi connectivity index (χ4v) is 5.53. The highest BCUT2D eigenvalue weighted by Crippen LogP contribution is 2.38. The van der Waals surface area contributed by atoms with Gasteiger partial charge in [0.1, 0.15) is 16.4 Å². The van der Waals surface area contributed by atoms with Gasteiger partial charge in [-0.1, -0.05) is 15.9 Å². The van der Waals surface area contributed by atoms with Crippen molar-refractivity contribution >= 4 is 53.4 Å². The summed E-state index contributed by atoms with van der Waals surface area (Å²) in [4.78, 5) is 22.1. The zero-order valence-corrected chi connectivity index (χ0v) is 15.9. The summed E-state index contributed by atoms with van der Waals surface area (Å²) in [5, 5.41) is 11.0. The van der Waals surface area contributed by atoms with Crippen LogP contribution in [-0.4, -0.2) is 15.1 Å². The normalized spacial score (nSPS) is 14.2. The Hall–Kier alpha value is -1.18. The number of hydrogen-bond acceptors (Lipinski definition) is 4. The van der Waals surface area contributed by atoms with Crippen molar-refractivity contribution < 1.29 is 5.11 Å².